The molecular formula is C19H21N3O3. The van der Waals surface area contributed by atoms with Gasteiger partial charge < -0.3 is 14.7 Å². The largest absolute Gasteiger partial charge is 0.359 e. The highest BCUT2D eigenvalue weighted by Gasteiger charge is 2.36. The summed E-state index contributed by atoms with van der Waals surface area (Å²) in [5.74, 6) is 0.0448. The Bertz CT molecular complexity index is 836. The van der Waals surface area contributed by atoms with E-state index in [1.165, 1.54) is 17.5 Å². The van der Waals surface area contributed by atoms with Crippen molar-refractivity contribution in [3.8, 4) is 0 Å². The second kappa shape index (κ2) is 6.02. The number of aryl methyl sites for hydroxylation is 4. The molecule has 4 rings (SSSR count). The van der Waals surface area contributed by atoms with E-state index >= 15 is 0 Å². The topological polar surface area (TPSA) is 75.4 Å². The van der Waals surface area contributed by atoms with Gasteiger partial charge in [0.1, 0.15) is 11.4 Å². The summed E-state index contributed by atoms with van der Waals surface area (Å²) in [6.07, 6.45) is 3.59. The molecule has 2 aliphatic rings. The van der Waals surface area contributed by atoms with Gasteiger partial charge in [-0.3, -0.25) is 9.59 Å². The van der Waals surface area contributed by atoms with Crippen molar-refractivity contribution in [1.29, 1.82) is 0 Å². The van der Waals surface area contributed by atoms with Crippen LogP contribution in [0.15, 0.2) is 22.7 Å². The van der Waals surface area contributed by atoms with Crippen LogP contribution < -0.4 is 10.2 Å². The first-order valence-electron chi connectivity index (χ1n) is 8.69. The maximum atomic E-state index is 12.6. The number of hydrogen-bond donors (Lipinski definition) is 1. The zero-order valence-electron chi connectivity index (χ0n) is 14.5. The second-order valence-corrected chi connectivity index (χ2v) is 6.90. The lowest BCUT2D eigenvalue weighted by Gasteiger charge is -2.18. The molecule has 1 aromatic heterocycles. The van der Waals surface area contributed by atoms with Crippen LogP contribution in [-0.2, 0) is 22.4 Å². The quantitative estimate of drug-likeness (QED) is 0.933. The van der Waals surface area contributed by atoms with E-state index in [4.69, 9.17) is 4.52 Å². The third-order valence-electron chi connectivity index (χ3n) is 5.17. The van der Waals surface area contributed by atoms with Gasteiger partial charge >= 0.3 is 0 Å². The van der Waals surface area contributed by atoms with Gasteiger partial charge in [0.25, 0.3) is 0 Å². The molecule has 1 fully saturated rings. The Balaban J connectivity index is 1.49. The molecule has 0 radical (unpaired) electrons. The molecule has 1 aromatic carbocycles. The van der Waals surface area contributed by atoms with Crippen LogP contribution in [0.3, 0.4) is 0 Å². The molecule has 2 amide bonds. The highest BCUT2D eigenvalue weighted by molar-refractivity contribution is 6.03. The van der Waals surface area contributed by atoms with Gasteiger partial charge in [0.15, 0.2) is 5.76 Å². The van der Waals surface area contributed by atoms with Crippen molar-refractivity contribution in [2.24, 2.45) is 5.92 Å². The normalized spacial score (nSPS) is 19.4. The van der Waals surface area contributed by atoms with Gasteiger partial charge in [-0.15, -0.1) is 0 Å². The zero-order chi connectivity index (χ0) is 17.6. The lowest BCUT2D eigenvalue weighted by atomic mass is 10.1. The molecule has 2 aromatic rings. The third-order valence-corrected chi connectivity index (χ3v) is 5.17. The summed E-state index contributed by atoms with van der Waals surface area (Å²) in [6.45, 7) is 3.95. The van der Waals surface area contributed by atoms with Gasteiger partial charge in [-0.05, 0) is 56.4 Å². The van der Waals surface area contributed by atoms with E-state index in [-0.39, 0.29) is 24.2 Å². The Kier molecular flexibility index (Phi) is 3.82. The smallest absolute Gasteiger partial charge is 0.229 e. The monoisotopic (exact) mass is 339 g/mol. The predicted molar refractivity (Wildman–Crippen MR) is 93.5 cm³/mol. The first-order valence-corrected chi connectivity index (χ1v) is 8.69. The predicted octanol–water partition coefficient (Wildman–Crippen LogP) is 2.77. The fourth-order valence-corrected chi connectivity index (χ4v) is 3.75. The van der Waals surface area contributed by atoms with E-state index in [2.05, 4.69) is 22.6 Å². The zero-order valence-corrected chi connectivity index (χ0v) is 14.5. The van der Waals surface area contributed by atoms with Gasteiger partial charge in [-0.1, -0.05) is 11.2 Å². The maximum absolute atomic E-state index is 12.6. The molecule has 1 N–H and O–H groups in total. The van der Waals surface area contributed by atoms with Crippen LogP contribution in [0.5, 0.6) is 0 Å². The van der Waals surface area contributed by atoms with Crippen molar-refractivity contribution in [1.82, 2.24) is 5.16 Å². The fraction of sp³-hybridized carbons (Fsp3) is 0.421. The summed E-state index contributed by atoms with van der Waals surface area (Å²) >= 11 is 0. The Labute approximate surface area is 146 Å². The summed E-state index contributed by atoms with van der Waals surface area (Å²) in [4.78, 5) is 26.7. The highest BCUT2D eigenvalue weighted by atomic mass is 16.5. The fourth-order valence-electron chi connectivity index (χ4n) is 3.75. The molecule has 0 saturated carbocycles. The summed E-state index contributed by atoms with van der Waals surface area (Å²) < 4.78 is 5.07. The van der Waals surface area contributed by atoms with Crippen molar-refractivity contribution in [2.75, 3.05) is 16.8 Å². The summed E-state index contributed by atoms with van der Waals surface area (Å²) in [7, 11) is 0. The summed E-state index contributed by atoms with van der Waals surface area (Å²) in [6, 6.07) is 6.22. The lowest BCUT2D eigenvalue weighted by Crippen LogP contribution is -2.28. The van der Waals surface area contributed by atoms with E-state index in [1.807, 2.05) is 6.07 Å². The minimum atomic E-state index is -0.366. The number of nitrogens with zero attached hydrogens (tertiary/aromatic N) is 2. The number of nitrogens with one attached hydrogen (secondary N) is 1. The van der Waals surface area contributed by atoms with E-state index in [9.17, 15) is 9.59 Å². The van der Waals surface area contributed by atoms with E-state index in [1.54, 1.807) is 18.7 Å². The Morgan fingerprint density at radius 1 is 1.28 bits per heavy atom. The molecule has 2 heterocycles. The molecule has 6 nitrogen and oxygen atoms in total. The number of anilines is 2. The number of rotatable bonds is 3. The van der Waals surface area contributed by atoms with Gasteiger partial charge in [0.05, 0.1) is 5.92 Å². The molecule has 1 aliphatic carbocycles. The van der Waals surface area contributed by atoms with Crippen LogP contribution in [0, 0.1) is 19.8 Å². The Hall–Kier alpha value is -2.63. The van der Waals surface area contributed by atoms with Crippen molar-refractivity contribution in [2.45, 2.75) is 39.5 Å². The summed E-state index contributed by atoms with van der Waals surface area (Å²) in [5, 5.41) is 6.70. The number of aromatic nitrogens is 1. The maximum Gasteiger partial charge on any atom is 0.229 e. The first kappa shape index (κ1) is 15.9. The number of carbonyl (C=O) groups excluding carboxylic acids is 2. The molecule has 1 saturated heterocycles. The van der Waals surface area contributed by atoms with Gasteiger partial charge in [-0.2, -0.15) is 0 Å². The number of amides is 2. The van der Waals surface area contributed by atoms with Crippen LogP contribution in [-0.4, -0.2) is 23.5 Å². The molecular weight excluding hydrogens is 318 g/mol. The number of fused-ring (bicyclic) bond motifs is 1. The lowest BCUT2D eigenvalue weighted by molar-refractivity contribution is -0.122. The first-order chi connectivity index (χ1) is 12.0. The van der Waals surface area contributed by atoms with Crippen LogP contribution in [0.25, 0.3) is 0 Å². The van der Waals surface area contributed by atoms with Crippen LogP contribution >= 0.6 is 0 Å². The van der Waals surface area contributed by atoms with Gasteiger partial charge in [-0.25, -0.2) is 0 Å². The van der Waals surface area contributed by atoms with Crippen LogP contribution in [0.4, 0.5) is 11.4 Å². The van der Waals surface area contributed by atoms with E-state index in [0.717, 1.165) is 18.5 Å². The van der Waals surface area contributed by atoms with Gasteiger partial charge in [0, 0.05) is 18.7 Å². The number of carbonyl (C=O) groups is 2. The molecule has 1 aliphatic heterocycles. The highest BCUT2D eigenvalue weighted by Crippen LogP contribution is 2.31. The van der Waals surface area contributed by atoms with Crippen molar-refractivity contribution >= 4 is 23.2 Å². The second-order valence-electron chi connectivity index (χ2n) is 6.90. The standard InChI is InChI=1S/C19H21N3O3/c1-11-18(12(2)25-21-11)20-19(24)15-9-17(23)22(10-15)16-7-6-13-4-3-5-14(13)8-16/h6-8,15H,3-5,9-10H2,1-2H3,(H,20,24)/t15-/m0/s1. The molecule has 1 atom stereocenters. The van der Waals surface area contributed by atoms with Crippen molar-refractivity contribution in [3.05, 3.63) is 40.8 Å². The Morgan fingerprint density at radius 3 is 2.84 bits per heavy atom. The Morgan fingerprint density at radius 2 is 2.08 bits per heavy atom. The third kappa shape index (κ3) is 2.81. The molecule has 0 unspecified atom stereocenters. The minimum absolute atomic E-state index is 0.00291. The molecule has 25 heavy (non-hydrogen) atoms. The molecule has 6 heteroatoms. The van der Waals surface area contributed by atoms with Crippen molar-refractivity contribution in [3.63, 3.8) is 0 Å². The van der Waals surface area contributed by atoms with E-state index in [0.29, 0.717) is 23.7 Å². The number of benzene rings is 1. The SMILES string of the molecule is Cc1noc(C)c1NC(=O)[C@H]1CC(=O)N(c2ccc3c(c2)CCC3)C1. The molecule has 0 spiro atoms. The summed E-state index contributed by atoms with van der Waals surface area (Å²) in [5.41, 5.74) is 4.86. The van der Waals surface area contributed by atoms with Gasteiger partial charge in [0.2, 0.25) is 11.8 Å². The average Bonchev–Trinajstić information content (AvgIpc) is 3.29. The van der Waals surface area contributed by atoms with Crippen molar-refractivity contribution < 1.29 is 14.1 Å². The minimum Gasteiger partial charge on any atom is -0.359 e. The average molecular weight is 339 g/mol. The van der Waals surface area contributed by atoms with E-state index < -0.39 is 0 Å². The van der Waals surface area contributed by atoms with Crippen LogP contribution in [0.1, 0.15) is 35.4 Å². The number of hydrogen-bond acceptors (Lipinski definition) is 4. The van der Waals surface area contributed by atoms with Crippen LogP contribution in [0.2, 0.25) is 0 Å². The molecule has 130 valence electrons. The molecule has 0 bridgehead atoms.